The number of likely N-dealkylation sites (N-methyl/N-ethyl adjacent to an activating group) is 1. The van der Waals surface area contributed by atoms with E-state index >= 15 is 0 Å². The predicted molar refractivity (Wildman–Crippen MR) is 92.5 cm³/mol. The molecule has 0 amide bonds. The van der Waals surface area contributed by atoms with Crippen molar-refractivity contribution in [2.75, 3.05) is 39.8 Å². The predicted octanol–water partition coefficient (Wildman–Crippen LogP) is 1.88. The van der Waals surface area contributed by atoms with Crippen LogP contribution >= 0.6 is 0 Å². The summed E-state index contributed by atoms with van der Waals surface area (Å²) in [4.78, 5) is 2.29. The fourth-order valence-corrected chi connectivity index (χ4v) is 5.25. The van der Waals surface area contributed by atoms with Crippen molar-refractivity contribution in [2.45, 2.75) is 32.2 Å². The lowest BCUT2D eigenvalue weighted by Crippen LogP contribution is -2.52. The number of hydrogen-bond donors (Lipinski definition) is 0. The SMILES string of the molecule is CCN1CCN(S(=O)(=O)N(C)[C@H]2CCCc3ccccc32)CC1. The molecule has 23 heavy (non-hydrogen) atoms. The topological polar surface area (TPSA) is 43.9 Å². The summed E-state index contributed by atoms with van der Waals surface area (Å²) in [5, 5.41) is 0. The zero-order valence-electron chi connectivity index (χ0n) is 14.1. The van der Waals surface area contributed by atoms with Crippen molar-refractivity contribution >= 4 is 10.2 Å². The van der Waals surface area contributed by atoms with E-state index in [0.29, 0.717) is 13.1 Å². The van der Waals surface area contributed by atoms with Crippen molar-refractivity contribution < 1.29 is 8.42 Å². The van der Waals surface area contributed by atoms with Crippen LogP contribution in [0.3, 0.4) is 0 Å². The van der Waals surface area contributed by atoms with Gasteiger partial charge in [0.25, 0.3) is 10.2 Å². The summed E-state index contributed by atoms with van der Waals surface area (Å²) < 4.78 is 29.3. The van der Waals surface area contributed by atoms with E-state index in [4.69, 9.17) is 0 Å². The maximum absolute atomic E-state index is 13.0. The highest BCUT2D eigenvalue weighted by molar-refractivity contribution is 7.86. The van der Waals surface area contributed by atoms with E-state index in [1.54, 1.807) is 15.7 Å². The molecule has 1 heterocycles. The first-order valence-electron chi connectivity index (χ1n) is 8.57. The molecule has 1 aromatic carbocycles. The average Bonchev–Trinajstić information content (AvgIpc) is 2.60. The summed E-state index contributed by atoms with van der Waals surface area (Å²) in [5.41, 5.74) is 2.47. The summed E-state index contributed by atoms with van der Waals surface area (Å²) >= 11 is 0. The second kappa shape index (κ2) is 6.89. The van der Waals surface area contributed by atoms with Crippen LogP contribution in [0.4, 0.5) is 0 Å². The Hall–Kier alpha value is -0.950. The molecule has 0 bridgehead atoms. The lowest BCUT2D eigenvalue weighted by atomic mass is 9.88. The quantitative estimate of drug-likeness (QED) is 0.843. The first-order chi connectivity index (χ1) is 11.0. The van der Waals surface area contributed by atoms with Gasteiger partial charge in [-0.1, -0.05) is 31.2 Å². The number of nitrogens with zero attached hydrogens (tertiary/aromatic N) is 3. The molecular formula is C17H27N3O2S. The third kappa shape index (κ3) is 3.31. The number of fused-ring (bicyclic) bond motifs is 1. The van der Waals surface area contributed by atoms with E-state index in [2.05, 4.69) is 24.0 Å². The van der Waals surface area contributed by atoms with Gasteiger partial charge in [-0.25, -0.2) is 0 Å². The van der Waals surface area contributed by atoms with Gasteiger partial charge in [0, 0.05) is 33.2 Å². The number of piperazine rings is 1. The average molecular weight is 337 g/mol. The van der Waals surface area contributed by atoms with Gasteiger partial charge in [0.2, 0.25) is 0 Å². The van der Waals surface area contributed by atoms with Crippen molar-refractivity contribution in [1.82, 2.24) is 13.5 Å². The Morgan fingerprint density at radius 2 is 1.87 bits per heavy atom. The van der Waals surface area contributed by atoms with Crippen LogP contribution in [-0.4, -0.2) is 61.7 Å². The molecule has 1 atom stereocenters. The minimum atomic E-state index is -3.40. The van der Waals surface area contributed by atoms with Crippen LogP contribution in [0.15, 0.2) is 24.3 Å². The second-order valence-electron chi connectivity index (χ2n) is 6.46. The first kappa shape index (κ1) is 16.9. The fraction of sp³-hybridized carbons (Fsp3) is 0.647. The normalized spacial score (nSPS) is 23.9. The fourth-order valence-electron chi connectivity index (χ4n) is 3.73. The van der Waals surface area contributed by atoms with E-state index < -0.39 is 10.2 Å². The monoisotopic (exact) mass is 337 g/mol. The van der Waals surface area contributed by atoms with Gasteiger partial charge >= 0.3 is 0 Å². The lowest BCUT2D eigenvalue weighted by Gasteiger charge is -2.39. The van der Waals surface area contributed by atoms with E-state index in [0.717, 1.165) is 38.9 Å². The first-order valence-corrected chi connectivity index (χ1v) is 9.97. The molecular weight excluding hydrogens is 310 g/mol. The molecule has 0 spiro atoms. The Morgan fingerprint density at radius 3 is 2.57 bits per heavy atom. The molecule has 2 aliphatic rings. The maximum Gasteiger partial charge on any atom is 0.282 e. The van der Waals surface area contributed by atoms with Crippen LogP contribution in [0.1, 0.15) is 36.9 Å². The van der Waals surface area contributed by atoms with Gasteiger partial charge in [-0.2, -0.15) is 17.0 Å². The Kier molecular flexibility index (Phi) is 5.06. The summed E-state index contributed by atoms with van der Waals surface area (Å²) in [6.07, 6.45) is 3.00. The van der Waals surface area contributed by atoms with Gasteiger partial charge in [0.1, 0.15) is 0 Å². The number of hydrogen-bond acceptors (Lipinski definition) is 3. The van der Waals surface area contributed by atoms with E-state index in [1.165, 1.54) is 11.1 Å². The number of benzene rings is 1. The van der Waals surface area contributed by atoms with Crippen LogP contribution in [0.5, 0.6) is 0 Å². The van der Waals surface area contributed by atoms with Crippen molar-refractivity contribution in [1.29, 1.82) is 0 Å². The highest BCUT2D eigenvalue weighted by atomic mass is 32.2. The highest BCUT2D eigenvalue weighted by Gasteiger charge is 2.36. The molecule has 1 fully saturated rings. The molecule has 1 aliphatic heterocycles. The van der Waals surface area contributed by atoms with E-state index in [9.17, 15) is 8.42 Å². The van der Waals surface area contributed by atoms with Gasteiger partial charge < -0.3 is 4.90 Å². The Labute approximate surface area is 140 Å². The maximum atomic E-state index is 13.0. The van der Waals surface area contributed by atoms with Crippen LogP contribution in [0.25, 0.3) is 0 Å². The van der Waals surface area contributed by atoms with Crippen LogP contribution in [0.2, 0.25) is 0 Å². The summed E-state index contributed by atoms with van der Waals surface area (Å²) in [5.74, 6) is 0. The Balaban J connectivity index is 1.79. The smallest absolute Gasteiger partial charge is 0.282 e. The van der Waals surface area contributed by atoms with Crippen LogP contribution in [-0.2, 0) is 16.6 Å². The standard InChI is InChI=1S/C17H27N3O2S/c1-3-19-11-13-20(14-12-19)23(21,22)18(2)17-10-6-8-15-7-4-5-9-16(15)17/h4-5,7,9,17H,3,6,8,10-14H2,1-2H3/t17-/m0/s1. The minimum Gasteiger partial charge on any atom is -0.301 e. The van der Waals surface area contributed by atoms with Crippen molar-refractivity contribution in [2.24, 2.45) is 0 Å². The minimum absolute atomic E-state index is 0.0332. The van der Waals surface area contributed by atoms with Crippen molar-refractivity contribution in [3.63, 3.8) is 0 Å². The summed E-state index contributed by atoms with van der Waals surface area (Å²) in [6, 6.07) is 8.23. The van der Waals surface area contributed by atoms with Crippen LogP contribution in [0, 0.1) is 0 Å². The molecule has 3 rings (SSSR count). The third-order valence-electron chi connectivity index (χ3n) is 5.25. The van der Waals surface area contributed by atoms with Crippen molar-refractivity contribution in [3.8, 4) is 0 Å². The second-order valence-corrected chi connectivity index (χ2v) is 8.45. The van der Waals surface area contributed by atoms with Crippen molar-refractivity contribution in [3.05, 3.63) is 35.4 Å². The molecule has 1 saturated heterocycles. The zero-order valence-corrected chi connectivity index (χ0v) is 14.9. The summed E-state index contributed by atoms with van der Waals surface area (Å²) in [6.45, 7) is 5.94. The highest BCUT2D eigenvalue weighted by Crippen LogP contribution is 2.35. The van der Waals surface area contributed by atoms with Gasteiger partial charge in [-0.15, -0.1) is 0 Å². The van der Waals surface area contributed by atoms with Crippen LogP contribution < -0.4 is 0 Å². The molecule has 0 saturated carbocycles. The van der Waals surface area contributed by atoms with Gasteiger partial charge in [-0.3, -0.25) is 0 Å². The van der Waals surface area contributed by atoms with Gasteiger partial charge in [0.15, 0.2) is 0 Å². The van der Waals surface area contributed by atoms with E-state index in [1.807, 2.05) is 12.1 Å². The lowest BCUT2D eigenvalue weighted by molar-refractivity contribution is 0.185. The van der Waals surface area contributed by atoms with Gasteiger partial charge in [0.05, 0.1) is 6.04 Å². The molecule has 128 valence electrons. The molecule has 0 radical (unpaired) electrons. The molecule has 0 N–H and O–H groups in total. The third-order valence-corrected chi connectivity index (χ3v) is 7.25. The van der Waals surface area contributed by atoms with Gasteiger partial charge in [-0.05, 0) is 36.9 Å². The number of rotatable bonds is 4. The molecule has 1 aliphatic carbocycles. The Bertz CT molecular complexity index is 639. The molecule has 0 unspecified atom stereocenters. The molecule has 0 aromatic heterocycles. The van der Waals surface area contributed by atoms with E-state index in [-0.39, 0.29) is 6.04 Å². The molecule has 5 nitrogen and oxygen atoms in total. The Morgan fingerprint density at radius 1 is 1.17 bits per heavy atom. The summed E-state index contributed by atoms with van der Waals surface area (Å²) in [7, 11) is -1.65. The number of aryl methyl sites for hydroxylation is 1. The zero-order chi connectivity index (χ0) is 16.4. The molecule has 1 aromatic rings. The largest absolute Gasteiger partial charge is 0.301 e. The molecule has 6 heteroatoms.